The van der Waals surface area contributed by atoms with Gasteiger partial charge in [-0.3, -0.25) is 0 Å². The molecule has 2 N–H and O–H groups in total. The molecule has 0 bridgehead atoms. The van der Waals surface area contributed by atoms with Crippen molar-refractivity contribution < 1.29 is 10.2 Å². The molecule has 1 atom stereocenters. The topological polar surface area (TPSA) is 40.5 Å². The maximum absolute atomic E-state index is 10.2. The van der Waals surface area contributed by atoms with E-state index in [4.69, 9.17) is 11.6 Å². The lowest BCUT2D eigenvalue weighted by atomic mass is 10.0. The molecule has 0 aliphatic heterocycles. The van der Waals surface area contributed by atoms with Gasteiger partial charge >= 0.3 is 0 Å². The minimum absolute atomic E-state index is 0.220. The summed E-state index contributed by atoms with van der Waals surface area (Å²) in [6.45, 7) is 0. The summed E-state index contributed by atoms with van der Waals surface area (Å²) in [4.78, 5) is 0. The van der Waals surface area contributed by atoms with Gasteiger partial charge in [-0.15, -0.1) is 0 Å². The van der Waals surface area contributed by atoms with E-state index < -0.39 is 6.10 Å². The Labute approximate surface area is 119 Å². The molecule has 0 radical (unpaired) electrons. The first-order chi connectivity index (χ1) is 8.56. The second-order valence-corrected chi connectivity index (χ2v) is 5.34. The lowest BCUT2D eigenvalue weighted by Crippen LogP contribution is -2.02. The summed E-state index contributed by atoms with van der Waals surface area (Å²) < 4.78 is 0.832. The second kappa shape index (κ2) is 5.74. The number of rotatable bonds is 3. The fourth-order valence-electron chi connectivity index (χ4n) is 1.74. The van der Waals surface area contributed by atoms with Crippen LogP contribution >= 0.6 is 27.5 Å². The van der Waals surface area contributed by atoms with Gasteiger partial charge in [0.25, 0.3) is 0 Å². The van der Waals surface area contributed by atoms with Gasteiger partial charge in [-0.1, -0.05) is 39.7 Å². The molecule has 0 saturated carbocycles. The summed E-state index contributed by atoms with van der Waals surface area (Å²) in [6, 6.07) is 12.1. The molecule has 0 saturated heterocycles. The van der Waals surface area contributed by atoms with Crippen molar-refractivity contribution in [1.82, 2.24) is 0 Å². The van der Waals surface area contributed by atoms with Gasteiger partial charge in [0.1, 0.15) is 5.75 Å². The van der Waals surface area contributed by atoms with E-state index in [0.717, 1.165) is 15.6 Å². The Hall–Kier alpha value is -1.03. The summed E-state index contributed by atoms with van der Waals surface area (Å²) in [5, 5.41) is 20.0. The average molecular weight is 328 g/mol. The standard InChI is InChI=1S/C14H12BrClO2/c15-13-6-3-10(16)8-12(13)14(18)7-9-1-4-11(17)5-2-9/h1-6,8,14,17-18H,7H2. The lowest BCUT2D eigenvalue weighted by molar-refractivity contribution is 0.177. The van der Waals surface area contributed by atoms with Crippen LogP contribution in [0.2, 0.25) is 5.02 Å². The van der Waals surface area contributed by atoms with Crippen LogP contribution in [0.25, 0.3) is 0 Å². The molecule has 2 aromatic rings. The zero-order valence-corrected chi connectivity index (χ0v) is 11.8. The number of benzene rings is 2. The summed E-state index contributed by atoms with van der Waals surface area (Å²) >= 11 is 9.32. The van der Waals surface area contributed by atoms with Gasteiger partial charge < -0.3 is 10.2 Å². The first kappa shape index (κ1) is 13.4. The molecule has 0 amide bonds. The summed E-state index contributed by atoms with van der Waals surface area (Å²) in [6.07, 6.45) is -0.165. The molecule has 0 fully saturated rings. The van der Waals surface area contributed by atoms with E-state index >= 15 is 0 Å². The van der Waals surface area contributed by atoms with Crippen molar-refractivity contribution in [2.45, 2.75) is 12.5 Å². The third kappa shape index (κ3) is 3.25. The Balaban J connectivity index is 2.18. The van der Waals surface area contributed by atoms with Crippen molar-refractivity contribution in [3.8, 4) is 5.75 Å². The SMILES string of the molecule is Oc1ccc(CC(O)c2cc(Cl)ccc2Br)cc1. The predicted octanol–water partition coefficient (Wildman–Crippen LogP) is 4.08. The number of hydrogen-bond donors (Lipinski definition) is 2. The zero-order valence-electron chi connectivity index (χ0n) is 9.48. The molecule has 0 aromatic heterocycles. The number of aliphatic hydroxyl groups is 1. The van der Waals surface area contributed by atoms with Crippen LogP contribution in [-0.2, 0) is 6.42 Å². The van der Waals surface area contributed by atoms with Crippen molar-refractivity contribution in [2.75, 3.05) is 0 Å². The molecular weight excluding hydrogens is 316 g/mol. The first-order valence-corrected chi connectivity index (χ1v) is 6.64. The highest BCUT2D eigenvalue weighted by Gasteiger charge is 2.12. The van der Waals surface area contributed by atoms with Crippen molar-refractivity contribution in [3.63, 3.8) is 0 Å². The van der Waals surface area contributed by atoms with E-state index in [0.29, 0.717) is 11.4 Å². The van der Waals surface area contributed by atoms with Crippen molar-refractivity contribution in [1.29, 1.82) is 0 Å². The molecular formula is C14H12BrClO2. The van der Waals surface area contributed by atoms with Crippen molar-refractivity contribution in [2.24, 2.45) is 0 Å². The summed E-state index contributed by atoms with van der Waals surface area (Å²) in [5.74, 6) is 0.220. The fraction of sp³-hybridized carbons (Fsp3) is 0.143. The monoisotopic (exact) mass is 326 g/mol. The van der Waals surface area contributed by atoms with E-state index in [1.165, 1.54) is 0 Å². The molecule has 0 aliphatic carbocycles. The number of aromatic hydroxyl groups is 1. The zero-order chi connectivity index (χ0) is 13.1. The molecule has 2 rings (SSSR count). The summed E-state index contributed by atoms with van der Waals surface area (Å²) in [5.41, 5.74) is 1.71. The summed E-state index contributed by atoms with van der Waals surface area (Å²) in [7, 11) is 0. The molecule has 2 nitrogen and oxygen atoms in total. The quantitative estimate of drug-likeness (QED) is 0.891. The van der Waals surface area contributed by atoms with E-state index in [9.17, 15) is 10.2 Å². The number of hydrogen-bond acceptors (Lipinski definition) is 2. The molecule has 1 unspecified atom stereocenters. The Kier molecular flexibility index (Phi) is 4.27. The highest BCUT2D eigenvalue weighted by molar-refractivity contribution is 9.10. The fourth-order valence-corrected chi connectivity index (χ4v) is 2.43. The van der Waals surface area contributed by atoms with Gasteiger partial charge in [0.2, 0.25) is 0 Å². The minimum Gasteiger partial charge on any atom is -0.508 e. The van der Waals surface area contributed by atoms with Gasteiger partial charge in [0.15, 0.2) is 0 Å². The van der Waals surface area contributed by atoms with Crippen LogP contribution in [0.15, 0.2) is 46.9 Å². The van der Waals surface area contributed by atoms with Crippen molar-refractivity contribution in [3.05, 3.63) is 63.1 Å². The Morgan fingerprint density at radius 2 is 1.78 bits per heavy atom. The Morgan fingerprint density at radius 3 is 2.44 bits per heavy atom. The highest BCUT2D eigenvalue weighted by atomic mass is 79.9. The van der Waals surface area contributed by atoms with Gasteiger partial charge in [-0.05, 0) is 41.5 Å². The van der Waals surface area contributed by atoms with Gasteiger partial charge in [-0.2, -0.15) is 0 Å². The highest BCUT2D eigenvalue weighted by Crippen LogP contribution is 2.29. The molecule has 0 aliphatic rings. The van der Waals surface area contributed by atoms with Crippen LogP contribution in [0.4, 0.5) is 0 Å². The van der Waals surface area contributed by atoms with Crippen LogP contribution in [0.3, 0.4) is 0 Å². The first-order valence-electron chi connectivity index (χ1n) is 5.47. The van der Waals surface area contributed by atoms with Crippen LogP contribution in [0, 0.1) is 0 Å². The largest absolute Gasteiger partial charge is 0.508 e. The number of halogens is 2. The molecule has 2 aromatic carbocycles. The molecule has 0 heterocycles. The van der Waals surface area contributed by atoms with Crippen LogP contribution in [0.5, 0.6) is 5.75 Å². The normalized spacial score (nSPS) is 12.4. The maximum atomic E-state index is 10.2. The number of aliphatic hydroxyl groups excluding tert-OH is 1. The predicted molar refractivity (Wildman–Crippen MR) is 75.9 cm³/mol. The second-order valence-electron chi connectivity index (χ2n) is 4.05. The van der Waals surface area contributed by atoms with E-state index in [-0.39, 0.29) is 5.75 Å². The average Bonchev–Trinajstić information content (AvgIpc) is 2.35. The number of phenolic OH excluding ortho intramolecular Hbond substituents is 1. The molecule has 94 valence electrons. The number of phenols is 1. The van der Waals surface area contributed by atoms with Crippen molar-refractivity contribution >= 4 is 27.5 Å². The van der Waals surface area contributed by atoms with Gasteiger partial charge in [0, 0.05) is 15.9 Å². The third-order valence-electron chi connectivity index (χ3n) is 2.68. The molecule has 18 heavy (non-hydrogen) atoms. The van der Waals surface area contributed by atoms with Crippen LogP contribution < -0.4 is 0 Å². The van der Waals surface area contributed by atoms with E-state index in [1.807, 2.05) is 6.07 Å². The maximum Gasteiger partial charge on any atom is 0.115 e. The van der Waals surface area contributed by atoms with Crippen LogP contribution in [0.1, 0.15) is 17.2 Å². The Morgan fingerprint density at radius 1 is 1.11 bits per heavy atom. The minimum atomic E-state index is -0.636. The third-order valence-corrected chi connectivity index (χ3v) is 3.64. The van der Waals surface area contributed by atoms with Gasteiger partial charge in [-0.25, -0.2) is 0 Å². The Bertz CT molecular complexity index is 540. The smallest absolute Gasteiger partial charge is 0.115 e. The van der Waals surface area contributed by atoms with Crippen LogP contribution in [-0.4, -0.2) is 10.2 Å². The molecule has 0 spiro atoms. The van der Waals surface area contributed by atoms with E-state index in [1.54, 1.807) is 36.4 Å². The van der Waals surface area contributed by atoms with E-state index in [2.05, 4.69) is 15.9 Å². The van der Waals surface area contributed by atoms with Gasteiger partial charge in [0.05, 0.1) is 6.10 Å². The lowest BCUT2D eigenvalue weighted by Gasteiger charge is -2.13. The molecule has 4 heteroatoms.